The highest BCUT2D eigenvalue weighted by molar-refractivity contribution is 9.10. The van der Waals surface area contributed by atoms with Crippen LogP contribution in [-0.4, -0.2) is 36.8 Å². The van der Waals surface area contributed by atoms with Gasteiger partial charge in [-0.3, -0.25) is 4.79 Å². The van der Waals surface area contributed by atoms with Crippen LogP contribution in [0.1, 0.15) is 17.5 Å². The standard InChI is InChI=1S/C15H21BrN2O2/c1-10-6-11(2-4-13(10)16)3-5-15(20)18-8-12-7-17-9-14(12)19/h2,4,6,12,14,17,19H,3,5,7-9H2,1H3,(H,18,20). The van der Waals surface area contributed by atoms with Crippen molar-refractivity contribution in [2.75, 3.05) is 19.6 Å². The summed E-state index contributed by atoms with van der Waals surface area (Å²) < 4.78 is 1.09. The van der Waals surface area contributed by atoms with Gasteiger partial charge in [0, 0.05) is 36.4 Å². The van der Waals surface area contributed by atoms with Crippen molar-refractivity contribution in [3.8, 4) is 0 Å². The minimum atomic E-state index is -0.343. The Balaban J connectivity index is 1.73. The summed E-state index contributed by atoms with van der Waals surface area (Å²) in [6.45, 7) is 3.99. The third-order valence-electron chi connectivity index (χ3n) is 3.73. The van der Waals surface area contributed by atoms with E-state index >= 15 is 0 Å². The minimum Gasteiger partial charge on any atom is -0.391 e. The van der Waals surface area contributed by atoms with Crippen LogP contribution in [0.15, 0.2) is 22.7 Å². The van der Waals surface area contributed by atoms with Gasteiger partial charge in [0.25, 0.3) is 0 Å². The molecule has 0 aliphatic carbocycles. The molecule has 0 radical (unpaired) electrons. The largest absolute Gasteiger partial charge is 0.391 e. The molecule has 0 spiro atoms. The highest BCUT2D eigenvalue weighted by atomic mass is 79.9. The van der Waals surface area contributed by atoms with E-state index in [0.29, 0.717) is 19.5 Å². The molecule has 3 N–H and O–H groups in total. The van der Waals surface area contributed by atoms with Gasteiger partial charge in [0.05, 0.1) is 6.10 Å². The number of amides is 1. The number of aliphatic hydroxyl groups is 1. The molecule has 4 nitrogen and oxygen atoms in total. The first-order valence-electron chi connectivity index (χ1n) is 6.97. The molecule has 2 unspecified atom stereocenters. The van der Waals surface area contributed by atoms with Crippen molar-refractivity contribution in [3.05, 3.63) is 33.8 Å². The van der Waals surface area contributed by atoms with E-state index in [1.54, 1.807) is 0 Å². The molecule has 20 heavy (non-hydrogen) atoms. The molecule has 1 amide bonds. The lowest BCUT2D eigenvalue weighted by Crippen LogP contribution is -2.34. The first-order chi connectivity index (χ1) is 9.56. The van der Waals surface area contributed by atoms with Gasteiger partial charge in [-0.05, 0) is 30.5 Å². The summed E-state index contributed by atoms with van der Waals surface area (Å²) in [5.74, 6) is 0.179. The van der Waals surface area contributed by atoms with Gasteiger partial charge in [-0.1, -0.05) is 28.1 Å². The number of rotatable bonds is 5. The second-order valence-electron chi connectivity index (χ2n) is 5.37. The molecule has 1 fully saturated rings. The molecule has 1 aromatic carbocycles. The number of aryl methyl sites for hydroxylation is 2. The second kappa shape index (κ2) is 7.20. The Morgan fingerprint density at radius 1 is 1.50 bits per heavy atom. The van der Waals surface area contributed by atoms with Gasteiger partial charge in [-0.15, -0.1) is 0 Å². The number of aliphatic hydroxyl groups excluding tert-OH is 1. The van der Waals surface area contributed by atoms with Crippen LogP contribution in [0.25, 0.3) is 0 Å². The molecule has 1 aromatic rings. The van der Waals surface area contributed by atoms with E-state index in [4.69, 9.17) is 0 Å². The quantitative estimate of drug-likeness (QED) is 0.759. The number of halogens is 1. The number of β-amino-alcohol motifs (C(OH)–C–C–N with tert-alkyl or cyclic N) is 1. The average molecular weight is 341 g/mol. The summed E-state index contributed by atoms with van der Waals surface area (Å²) in [5, 5.41) is 15.7. The number of carbonyl (C=O) groups is 1. The van der Waals surface area contributed by atoms with Crippen molar-refractivity contribution in [2.45, 2.75) is 25.9 Å². The van der Waals surface area contributed by atoms with E-state index in [-0.39, 0.29) is 17.9 Å². The summed E-state index contributed by atoms with van der Waals surface area (Å²) in [5.41, 5.74) is 2.35. The summed E-state index contributed by atoms with van der Waals surface area (Å²) in [4.78, 5) is 11.8. The lowest BCUT2D eigenvalue weighted by atomic mass is 10.1. The van der Waals surface area contributed by atoms with Crippen molar-refractivity contribution in [1.82, 2.24) is 10.6 Å². The fraction of sp³-hybridized carbons (Fsp3) is 0.533. The van der Waals surface area contributed by atoms with Gasteiger partial charge in [0.15, 0.2) is 0 Å². The molecular weight excluding hydrogens is 320 g/mol. The fourth-order valence-electron chi connectivity index (χ4n) is 2.38. The van der Waals surface area contributed by atoms with Gasteiger partial charge in [0.2, 0.25) is 5.91 Å². The van der Waals surface area contributed by atoms with Gasteiger partial charge >= 0.3 is 0 Å². The van der Waals surface area contributed by atoms with Crippen molar-refractivity contribution in [2.24, 2.45) is 5.92 Å². The van der Waals surface area contributed by atoms with E-state index in [1.165, 1.54) is 11.1 Å². The summed E-state index contributed by atoms with van der Waals surface area (Å²) in [6.07, 6.45) is 0.882. The van der Waals surface area contributed by atoms with Crippen molar-refractivity contribution in [1.29, 1.82) is 0 Å². The Hall–Kier alpha value is -0.910. The number of hydrogen-bond donors (Lipinski definition) is 3. The molecule has 0 aromatic heterocycles. The van der Waals surface area contributed by atoms with Gasteiger partial charge in [0.1, 0.15) is 0 Å². The number of benzene rings is 1. The Kier molecular flexibility index (Phi) is 5.57. The smallest absolute Gasteiger partial charge is 0.220 e. The number of nitrogens with one attached hydrogen (secondary N) is 2. The van der Waals surface area contributed by atoms with Crippen LogP contribution in [0.2, 0.25) is 0 Å². The van der Waals surface area contributed by atoms with Crippen LogP contribution in [0.3, 0.4) is 0 Å². The lowest BCUT2D eigenvalue weighted by Gasteiger charge is -2.14. The predicted molar refractivity (Wildman–Crippen MR) is 82.6 cm³/mol. The zero-order chi connectivity index (χ0) is 14.5. The van der Waals surface area contributed by atoms with Crippen LogP contribution in [0.4, 0.5) is 0 Å². The Labute approximate surface area is 128 Å². The zero-order valence-corrected chi connectivity index (χ0v) is 13.2. The van der Waals surface area contributed by atoms with Crippen LogP contribution in [-0.2, 0) is 11.2 Å². The normalized spacial score (nSPS) is 21.9. The molecule has 5 heteroatoms. The van der Waals surface area contributed by atoms with E-state index in [9.17, 15) is 9.90 Å². The summed E-state index contributed by atoms with van der Waals surface area (Å²) in [7, 11) is 0. The molecular formula is C15H21BrN2O2. The molecule has 1 aliphatic heterocycles. The molecule has 2 atom stereocenters. The van der Waals surface area contributed by atoms with Gasteiger partial charge in [-0.2, -0.15) is 0 Å². The maximum absolute atomic E-state index is 11.8. The Morgan fingerprint density at radius 3 is 2.95 bits per heavy atom. The Bertz CT molecular complexity index is 479. The lowest BCUT2D eigenvalue weighted by molar-refractivity contribution is -0.121. The maximum atomic E-state index is 11.8. The monoisotopic (exact) mass is 340 g/mol. The van der Waals surface area contributed by atoms with E-state index < -0.39 is 0 Å². The highest BCUT2D eigenvalue weighted by Crippen LogP contribution is 2.17. The van der Waals surface area contributed by atoms with E-state index in [1.807, 2.05) is 19.1 Å². The van der Waals surface area contributed by atoms with Gasteiger partial charge in [-0.25, -0.2) is 0 Å². The second-order valence-corrected chi connectivity index (χ2v) is 6.23. The molecule has 0 bridgehead atoms. The molecule has 1 heterocycles. The SMILES string of the molecule is Cc1cc(CCC(=O)NCC2CNCC2O)ccc1Br. The average Bonchev–Trinajstić information content (AvgIpc) is 2.83. The number of hydrogen-bond acceptors (Lipinski definition) is 3. The first kappa shape index (κ1) is 15.5. The van der Waals surface area contributed by atoms with Gasteiger partial charge < -0.3 is 15.7 Å². The summed E-state index contributed by atoms with van der Waals surface area (Å²) in [6, 6.07) is 6.15. The topological polar surface area (TPSA) is 61.4 Å². The Morgan fingerprint density at radius 2 is 2.30 bits per heavy atom. The summed E-state index contributed by atoms with van der Waals surface area (Å²) >= 11 is 3.47. The van der Waals surface area contributed by atoms with Crippen molar-refractivity contribution in [3.63, 3.8) is 0 Å². The van der Waals surface area contributed by atoms with Crippen molar-refractivity contribution < 1.29 is 9.90 Å². The molecule has 1 aliphatic rings. The highest BCUT2D eigenvalue weighted by Gasteiger charge is 2.24. The third-order valence-corrected chi connectivity index (χ3v) is 4.62. The fourth-order valence-corrected chi connectivity index (χ4v) is 2.63. The first-order valence-corrected chi connectivity index (χ1v) is 7.76. The van der Waals surface area contributed by atoms with Crippen molar-refractivity contribution >= 4 is 21.8 Å². The van der Waals surface area contributed by atoms with Crippen LogP contribution in [0.5, 0.6) is 0 Å². The van der Waals surface area contributed by atoms with Crippen LogP contribution in [0, 0.1) is 12.8 Å². The van der Waals surface area contributed by atoms with E-state index in [2.05, 4.69) is 32.6 Å². The number of carbonyl (C=O) groups excluding carboxylic acids is 1. The van der Waals surface area contributed by atoms with Crippen LogP contribution >= 0.6 is 15.9 Å². The molecule has 110 valence electrons. The zero-order valence-electron chi connectivity index (χ0n) is 11.7. The molecule has 0 saturated carbocycles. The third kappa shape index (κ3) is 4.30. The maximum Gasteiger partial charge on any atom is 0.220 e. The van der Waals surface area contributed by atoms with Crippen LogP contribution < -0.4 is 10.6 Å². The molecule has 1 saturated heterocycles. The minimum absolute atomic E-state index is 0.0460. The predicted octanol–water partition coefficient (Wildman–Crippen LogP) is 1.39. The van der Waals surface area contributed by atoms with E-state index in [0.717, 1.165) is 17.4 Å². The molecule has 2 rings (SSSR count).